The Balaban J connectivity index is 1.85. The van der Waals surface area contributed by atoms with Gasteiger partial charge in [-0.2, -0.15) is 16.9 Å². The first-order valence-corrected chi connectivity index (χ1v) is 7.02. The molecule has 1 N–H and O–H groups in total. The molecule has 3 rings (SSSR count). The predicted octanol–water partition coefficient (Wildman–Crippen LogP) is 2.28. The van der Waals surface area contributed by atoms with Crippen LogP contribution in [0.2, 0.25) is 0 Å². The zero-order valence-electron chi connectivity index (χ0n) is 10.1. The molecule has 2 aromatic heterocycles. The third-order valence-electron chi connectivity index (χ3n) is 3.48. The van der Waals surface area contributed by atoms with E-state index >= 15 is 0 Å². The Labute approximate surface area is 105 Å². The Kier molecular flexibility index (Phi) is 2.50. The van der Waals surface area contributed by atoms with Crippen molar-refractivity contribution in [2.45, 2.75) is 17.6 Å². The first kappa shape index (κ1) is 10.9. The fraction of sp³-hybridized carbons (Fsp3) is 0.500. The Hall–Kier alpha value is -1.23. The summed E-state index contributed by atoms with van der Waals surface area (Å²) >= 11 is 1.97. The molecule has 1 aliphatic rings. The van der Waals surface area contributed by atoms with Gasteiger partial charge < -0.3 is 5.32 Å². The molecule has 0 amide bonds. The fourth-order valence-corrected chi connectivity index (χ4v) is 2.78. The predicted molar refractivity (Wildman–Crippen MR) is 72.5 cm³/mol. The summed E-state index contributed by atoms with van der Waals surface area (Å²) < 4.78 is 2.28. The van der Waals surface area contributed by atoms with Gasteiger partial charge in [-0.05, 0) is 25.2 Å². The highest BCUT2D eigenvalue weighted by Crippen LogP contribution is 2.47. The molecule has 0 radical (unpaired) electrons. The van der Waals surface area contributed by atoms with Crippen LogP contribution in [0.1, 0.15) is 12.8 Å². The van der Waals surface area contributed by atoms with Crippen LogP contribution in [0.3, 0.4) is 0 Å². The van der Waals surface area contributed by atoms with Gasteiger partial charge in [-0.3, -0.25) is 4.68 Å². The van der Waals surface area contributed by atoms with Crippen molar-refractivity contribution < 1.29 is 0 Å². The maximum absolute atomic E-state index is 4.34. The van der Waals surface area contributed by atoms with Crippen molar-refractivity contribution in [3.05, 3.63) is 18.5 Å². The Morgan fingerprint density at radius 2 is 2.35 bits per heavy atom. The molecular weight excluding hydrogens is 232 g/mol. The number of nitrogens with one attached hydrogen (secondary N) is 1. The SMILES string of the molecule is CSC1(CNc2ccnc3c2cnn3C)CC1. The molecular formula is C12H16N4S. The van der Waals surface area contributed by atoms with Gasteiger partial charge in [-0.15, -0.1) is 0 Å². The molecule has 4 nitrogen and oxygen atoms in total. The van der Waals surface area contributed by atoms with E-state index in [1.165, 1.54) is 12.8 Å². The average molecular weight is 248 g/mol. The van der Waals surface area contributed by atoms with E-state index in [0.29, 0.717) is 4.75 Å². The van der Waals surface area contributed by atoms with Crippen molar-refractivity contribution in [2.75, 3.05) is 18.1 Å². The van der Waals surface area contributed by atoms with Crippen molar-refractivity contribution in [2.24, 2.45) is 7.05 Å². The lowest BCUT2D eigenvalue weighted by Crippen LogP contribution is -2.17. The molecule has 0 aliphatic heterocycles. The number of hydrogen-bond donors (Lipinski definition) is 1. The van der Waals surface area contributed by atoms with E-state index in [4.69, 9.17) is 0 Å². The summed E-state index contributed by atoms with van der Waals surface area (Å²) in [6.45, 7) is 1.03. The lowest BCUT2D eigenvalue weighted by atomic mass is 10.3. The standard InChI is InChI=1S/C12H16N4S/c1-16-11-9(7-15-16)10(3-6-13-11)14-8-12(17-2)4-5-12/h3,6-7H,4-5,8H2,1-2H3,(H,13,14). The van der Waals surface area contributed by atoms with Gasteiger partial charge in [0, 0.05) is 30.2 Å². The zero-order chi connectivity index (χ0) is 11.9. The second-order valence-electron chi connectivity index (χ2n) is 4.60. The molecule has 0 atom stereocenters. The van der Waals surface area contributed by atoms with Crippen LogP contribution in [-0.4, -0.2) is 32.3 Å². The molecule has 0 spiro atoms. The van der Waals surface area contributed by atoms with Crippen LogP contribution in [0.15, 0.2) is 18.5 Å². The summed E-state index contributed by atoms with van der Waals surface area (Å²) in [6.07, 6.45) is 8.56. The maximum atomic E-state index is 4.34. The smallest absolute Gasteiger partial charge is 0.159 e. The lowest BCUT2D eigenvalue weighted by molar-refractivity contribution is 0.786. The number of nitrogens with zero attached hydrogens (tertiary/aromatic N) is 3. The highest BCUT2D eigenvalue weighted by Gasteiger charge is 2.41. The molecule has 0 unspecified atom stereocenters. The fourth-order valence-electron chi connectivity index (χ4n) is 2.05. The minimum Gasteiger partial charge on any atom is -0.383 e. The normalized spacial score (nSPS) is 17.3. The summed E-state index contributed by atoms with van der Waals surface area (Å²) in [5, 5.41) is 8.89. The van der Waals surface area contributed by atoms with Crippen molar-refractivity contribution in [1.82, 2.24) is 14.8 Å². The average Bonchev–Trinajstić information content (AvgIpc) is 3.05. The number of rotatable bonds is 4. The largest absolute Gasteiger partial charge is 0.383 e. The molecule has 17 heavy (non-hydrogen) atoms. The van der Waals surface area contributed by atoms with E-state index in [9.17, 15) is 0 Å². The van der Waals surface area contributed by atoms with Crippen LogP contribution in [0, 0.1) is 0 Å². The van der Waals surface area contributed by atoms with E-state index in [0.717, 1.165) is 23.3 Å². The third kappa shape index (κ3) is 1.88. The van der Waals surface area contributed by atoms with Gasteiger partial charge in [0.05, 0.1) is 11.6 Å². The highest BCUT2D eigenvalue weighted by atomic mass is 32.2. The first-order chi connectivity index (χ1) is 8.24. The third-order valence-corrected chi connectivity index (χ3v) is 4.90. The Morgan fingerprint density at radius 1 is 1.53 bits per heavy atom. The van der Waals surface area contributed by atoms with Crippen LogP contribution in [0.5, 0.6) is 0 Å². The van der Waals surface area contributed by atoms with E-state index in [1.54, 1.807) is 0 Å². The van der Waals surface area contributed by atoms with Gasteiger partial charge in [-0.25, -0.2) is 4.98 Å². The molecule has 5 heteroatoms. The van der Waals surface area contributed by atoms with E-state index < -0.39 is 0 Å². The minimum absolute atomic E-state index is 0.470. The minimum atomic E-state index is 0.470. The number of anilines is 1. The van der Waals surface area contributed by atoms with Crippen molar-refractivity contribution in [3.63, 3.8) is 0 Å². The summed E-state index contributed by atoms with van der Waals surface area (Å²) in [5.41, 5.74) is 2.08. The maximum Gasteiger partial charge on any atom is 0.159 e. The summed E-state index contributed by atoms with van der Waals surface area (Å²) in [6, 6.07) is 2.03. The first-order valence-electron chi connectivity index (χ1n) is 5.80. The highest BCUT2D eigenvalue weighted by molar-refractivity contribution is 8.00. The second kappa shape index (κ2) is 3.91. The van der Waals surface area contributed by atoms with Gasteiger partial charge in [0.25, 0.3) is 0 Å². The Morgan fingerprint density at radius 3 is 3.06 bits per heavy atom. The van der Waals surface area contributed by atoms with Crippen molar-refractivity contribution >= 4 is 28.5 Å². The van der Waals surface area contributed by atoms with E-state index in [-0.39, 0.29) is 0 Å². The summed E-state index contributed by atoms with van der Waals surface area (Å²) in [4.78, 5) is 4.34. The quantitative estimate of drug-likeness (QED) is 0.901. The summed E-state index contributed by atoms with van der Waals surface area (Å²) in [5.74, 6) is 0. The molecule has 2 heterocycles. The van der Waals surface area contributed by atoms with Crippen molar-refractivity contribution in [3.8, 4) is 0 Å². The van der Waals surface area contributed by atoms with Crippen molar-refractivity contribution in [1.29, 1.82) is 0 Å². The van der Waals surface area contributed by atoms with Crippen LogP contribution in [0.25, 0.3) is 11.0 Å². The molecule has 90 valence electrons. The number of thioether (sulfide) groups is 1. The van der Waals surface area contributed by atoms with Gasteiger partial charge in [0.15, 0.2) is 5.65 Å². The van der Waals surface area contributed by atoms with Gasteiger partial charge in [-0.1, -0.05) is 0 Å². The summed E-state index contributed by atoms with van der Waals surface area (Å²) in [7, 11) is 1.92. The van der Waals surface area contributed by atoms with Gasteiger partial charge in [0.1, 0.15) is 0 Å². The van der Waals surface area contributed by atoms with Crippen LogP contribution in [-0.2, 0) is 7.05 Å². The Bertz CT molecular complexity index is 544. The van der Waals surface area contributed by atoms with Gasteiger partial charge >= 0.3 is 0 Å². The van der Waals surface area contributed by atoms with Crippen LogP contribution >= 0.6 is 11.8 Å². The number of pyridine rings is 1. The second-order valence-corrected chi connectivity index (χ2v) is 5.88. The molecule has 1 saturated carbocycles. The number of aromatic nitrogens is 3. The van der Waals surface area contributed by atoms with E-state index in [1.807, 2.05) is 42.0 Å². The molecule has 0 aromatic carbocycles. The number of fused-ring (bicyclic) bond motifs is 1. The molecule has 2 aromatic rings. The number of hydrogen-bond acceptors (Lipinski definition) is 4. The molecule has 1 fully saturated rings. The topological polar surface area (TPSA) is 42.7 Å². The van der Waals surface area contributed by atoms with Crippen LogP contribution < -0.4 is 5.32 Å². The molecule has 1 aliphatic carbocycles. The molecule has 0 saturated heterocycles. The van der Waals surface area contributed by atoms with Crippen LogP contribution in [0.4, 0.5) is 5.69 Å². The monoisotopic (exact) mass is 248 g/mol. The lowest BCUT2D eigenvalue weighted by Gasteiger charge is -2.14. The van der Waals surface area contributed by atoms with Gasteiger partial charge in [0.2, 0.25) is 0 Å². The number of aryl methyl sites for hydroxylation is 1. The van der Waals surface area contributed by atoms with E-state index in [2.05, 4.69) is 21.7 Å². The zero-order valence-corrected chi connectivity index (χ0v) is 10.9. The molecule has 0 bridgehead atoms.